The molecule has 1 aromatic carbocycles. The van der Waals surface area contributed by atoms with Gasteiger partial charge in [-0.05, 0) is 74.6 Å². The summed E-state index contributed by atoms with van der Waals surface area (Å²) in [5, 5.41) is 3.62. The van der Waals surface area contributed by atoms with Crippen molar-refractivity contribution in [3.05, 3.63) is 64.5 Å². The van der Waals surface area contributed by atoms with Gasteiger partial charge < -0.3 is 10.2 Å². The van der Waals surface area contributed by atoms with Crippen LogP contribution in [0.25, 0.3) is 0 Å². The summed E-state index contributed by atoms with van der Waals surface area (Å²) in [6.07, 6.45) is 5.38. The van der Waals surface area contributed by atoms with Gasteiger partial charge in [0.15, 0.2) is 0 Å². The van der Waals surface area contributed by atoms with E-state index >= 15 is 0 Å². The van der Waals surface area contributed by atoms with Crippen LogP contribution in [0.2, 0.25) is 0 Å². The third-order valence-electron chi connectivity index (χ3n) is 8.04. The first-order chi connectivity index (χ1) is 15.0. The number of hydrogen-bond acceptors (Lipinski definition) is 3. The van der Waals surface area contributed by atoms with E-state index in [1.807, 2.05) is 0 Å². The number of rotatable bonds is 2. The van der Waals surface area contributed by atoms with Crippen LogP contribution in [0.5, 0.6) is 0 Å². The van der Waals surface area contributed by atoms with Gasteiger partial charge in [0, 0.05) is 36.4 Å². The minimum Gasteiger partial charge on any atom is -0.335 e. The summed E-state index contributed by atoms with van der Waals surface area (Å²) < 4.78 is 0. The number of carbonyl (C=O) groups is 1. The minimum atomic E-state index is -0.111. The molecule has 2 aliphatic heterocycles. The van der Waals surface area contributed by atoms with Crippen molar-refractivity contribution >= 4 is 5.91 Å². The maximum atomic E-state index is 14.2. The molecule has 1 aliphatic carbocycles. The molecular weight excluding hydrogens is 382 g/mol. The van der Waals surface area contributed by atoms with E-state index in [0.717, 1.165) is 57.4 Å². The maximum absolute atomic E-state index is 14.2. The molecule has 0 radical (unpaired) electrons. The Bertz CT molecular complexity index is 972. The van der Waals surface area contributed by atoms with Crippen molar-refractivity contribution in [1.82, 2.24) is 15.2 Å². The topological polar surface area (TPSA) is 45.2 Å². The van der Waals surface area contributed by atoms with Gasteiger partial charge in [0.05, 0.1) is 12.0 Å². The quantitative estimate of drug-likeness (QED) is 0.783. The Hall–Kier alpha value is -2.20. The van der Waals surface area contributed by atoms with Crippen molar-refractivity contribution in [2.24, 2.45) is 11.8 Å². The third-order valence-corrected chi connectivity index (χ3v) is 8.04. The molecule has 1 aromatic heterocycles. The first-order valence-electron chi connectivity index (χ1n) is 12.0. The minimum absolute atomic E-state index is 0.00521. The van der Waals surface area contributed by atoms with E-state index in [2.05, 4.69) is 67.4 Å². The fourth-order valence-corrected chi connectivity index (χ4v) is 6.68. The molecule has 1 amide bonds. The van der Waals surface area contributed by atoms with Crippen LogP contribution in [0.4, 0.5) is 0 Å². The van der Waals surface area contributed by atoms with Gasteiger partial charge in [-0.15, -0.1) is 0 Å². The summed E-state index contributed by atoms with van der Waals surface area (Å²) in [7, 11) is 0. The second kappa shape index (κ2) is 8.05. The van der Waals surface area contributed by atoms with E-state index in [-0.39, 0.29) is 17.4 Å². The fourth-order valence-electron chi connectivity index (χ4n) is 6.68. The second-order valence-electron chi connectivity index (χ2n) is 10.2. The largest absolute Gasteiger partial charge is 0.335 e. The molecular formula is C27H35N3O. The van der Waals surface area contributed by atoms with Crippen molar-refractivity contribution in [2.45, 2.75) is 64.3 Å². The first-order valence-corrected chi connectivity index (χ1v) is 12.0. The smallest absolute Gasteiger partial charge is 0.228 e. The van der Waals surface area contributed by atoms with Crippen molar-refractivity contribution < 1.29 is 4.79 Å². The summed E-state index contributed by atoms with van der Waals surface area (Å²) in [5.41, 5.74) is 6.18. The highest BCUT2D eigenvalue weighted by atomic mass is 16.2. The number of carbonyl (C=O) groups excluding carboxylic acids is 1. The van der Waals surface area contributed by atoms with E-state index < -0.39 is 0 Å². The fraction of sp³-hybridized carbons (Fsp3) is 0.556. The number of aromatic nitrogens is 1. The monoisotopic (exact) mass is 417 g/mol. The van der Waals surface area contributed by atoms with Crippen LogP contribution in [0.3, 0.4) is 0 Å². The molecule has 2 saturated heterocycles. The maximum Gasteiger partial charge on any atom is 0.228 e. The van der Waals surface area contributed by atoms with Gasteiger partial charge in [0.2, 0.25) is 5.91 Å². The van der Waals surface area contributed by atoms with Crippen molar-refractivity contribution in [1.29, 1.82) is 0 Å². The Morgan fingerprint density at radius 1 is 1.23 bits per heavy atom. The highest BCUT2D eigenvalue weighted by Gasteiger charge is 2.52. The normalized spacial score (nSPS) is 30.4. The zero-order valence-corrected chi connectivity index (χ0v) is 19.2. The van der Waals surface area contributed by atoms with Crippen molar-refractivity contribution in [2.75, 3.05) is 19.6 Å². The molecule has 4 nitrogen and oxygen atoms in total. The molecule has 1 N–H and O–H groups in total. The number of aryl methyl sites for hydroxylation is 3. The van der Waals surface area contributed by atoms with Crippen LogP contribution in [-0.2, 0) is 16.6 Å². The lowest BCUT2D eigenvalue weighted by Gasteiger charge is -2.45. The van der Waals surface area contributed by atoms with Crippen LogP contribution in [0.15, 0.2) is 36.4 Å². The second-order valence-corrected chi connectivity index (χ2v) is 10.2. The molecule has 0 saturated carbocycles. The summed E-state index contributed by atoms with van der Waals surface area (Å²) >= 11 is 0. The van der Waals surface area contributed by atoms with Gasteiger partial charge in [0.25, 0.3) is 0 Å². The average molecular weight is 418 g/mol. The van der Waals surface area contributed by atoms with Crippen molar-refractivity contribution in [3.63, 3.8) is 0 Å². The number of likely N-dealkylation sites (tertiary alicyclic amines) is 1. The number of nitrogens with zero attached hydrogens (tertiary/aromatic N) is 2. The number of benzene rings is 1. The number of pyridine rings is 1. The Balaban J connectivity index is 1.52. The summed E-state index contributed by atoms with van der Waals surface area (Å²) in [6.45, 7) is 9.16. The summed E-state index contributed by atoms with van der Waals surface area (Å²) in [4.78, 5) is 21.4. The van der Waals surface area contributed by atoms with Crippen LogP contribution in [-0.4, -0.2) is 35.4 Å². The molecule has 3 heterocycles. The van der Waals surface area contributed by atoms with Gasteiger partial charge in [-0.2, -0.15) is 0 Å². The van der Waals surface area contributed by atoms with Gasteiger partial charge in [-0.3, -0.25) is 9.78 Å². The standard InChI is InChI=1S/C27H35N3O/c1-18-11-13-30(24(14-18)21-8-5-4-6-9-21)26(31)22-16-28-17-27(22)12-7-10-23-25(27)19(2)15-20(3)29-23/h4-6,8-9,15,18,22,24,28H,7,10-14,16-17H2,1-3H3/t18-,22?,24+,27-/m1/s1. The summed E-state index contributed by atoms with van der Waals surface area (Å²) in [6, 6.07) is 13.1. The Kier molecular flexibility index (Phi) is 5.37. The van der Waals surface area contributed by atoms with Crippen molar-refractivity contribution in [3.8, 4) is 0 Å². The number of piperidine rings is 1. The highest BCUT2D eigenvalue weighted by molar-refractivity contribution is 5.82. The number of hydrogen-bond donors (Lipinski definition) is 1. The van der Waals surface area contributed by atoms with Gasteiger partial charge in [-0.1, -0.05) is 37.3 Å². The first kappa shape index (κ1) is 20.7. The zero-order chi connectivity index (χ0) is 21.6. The highest BCUT2D eigenvalue weighted by Crippen LogP contribution is 2.48. The molecule has 31 heavy (non-hydrogen) atoms. The van der Waals surface area contributed by atoms with E-state index in [1.54, 1.807) is 0 Å². The van der Waals surface area contributed by atoms with Gasteiger partial charge >= 0.3 is 0 Å². The van der Waals surface area contributed by atoms with E-state index in [4.69, 9.17) is 4.98 Å². The van der Waals surface area contributed by atoms with Crippen LogP contribution in [0.1, 0.15) is 66.7 Å². The molecule has 0 bridgehead atoms. The molecule has 4 atom stereocenters. The molecule has 3 aliphatic rings. The van der Waals surface area contributed by atoms with Crippen LogP contribution in [0, 0.1) is 25.7 Å². The SMILES string of the molecule is Cc1cc(C)c2c(n1)CCC[C@]21CNCC1C(=O)N1CC[C@@H](C)C[C@H]1c1ccccc1. The predicted octanol–water partition coefficient (Wildman–Crippen LogP) is 4.49. The van der Waals surface area contributed by atoms with E-state index in [1.165, 1.54) is 22.4 Å². The molecule has 4 heteroatoms. The number of fused-ring (bicyclic) bond motifs is 2. The lowest BCUT2D eigenvalue weighted by molar-refractivity contribution is -0.141. The Morgan fingerprint density at radius 2 is 2.03 bits per heavy atom. The molecule has 2 fully saturated rings. The lowest BCUT2D eigenvalue weighted by atomic mass is 9.63. The zero-order valence-electron chi connectivity index (χ0n) is 19.2. The predicted molar refractivity (Wildman–Crippen MR) is 124 cm³/mol. The molecule has 164 valence electrons. The molecule has 1 spiro atoms. The Labute approximate surface area is 186 Å². The Morgan fingerprint density at radius 3 is 2.84 bits per heavy atom. The van der Waals surface area contributed by atoms with Crippen LogP contribution >= 0.6 is 0 Å². The summed E-state index contributed by atoms with van der Waals surface area (Å²) in [5.74, 6) is 0.989. The van der Waals surface area contributed by atoms with E-state index in [9.17, 15) is 4.79 Å². The number of amides is 1. The van der Waals surface area contributed by atoms with Gasteiger partial charge in [-0.25, -0.2) is 0 Å². The third kappa shape index (κ3) is 3.49. The number of nitrogens with one attached hydrogen (secondary N) is 1. The van der Waals surface area contributed by atoms with Gasteiger partial charge in [0.1, 0.15) is 0 Å². The van der Waals surface area contributed by atoms with Crippen LogP contribution < -0.4 is 5.32 Å². The molecule has 1 unspecified atom stereocenters. The molecule has 5 rings (SSSR count). The molecule has 2 aromatic rings. The lowest BCUT2D eigenvalue weighted by Crippen LogP contribution is -2.50. The average Bonchev–Trinajstić information content (AvgIpc) is 3.17. The van der Waals surface area contributed by atoms with E-state index in [0.29, 0.717) is 11.8 Å².